The van der Waals surface area contributed by atoms with Crippen LogP contribution in [0.25, 0.3) is 10.2 Å². The molecule has 0 saturated carbocycles. The van der Waals surface area contributed by atoms with E-state index in [1.165, 1.54) is 0 Å². The second-order valence-electron chi connectivity index (χ2n) is 4.52. The van der Waals surface area contributed by atoms with Crippen LogP contribution in [0.1, 0.15) is 27.0 Å². The molecule has 0 unspecified atom stereocenters. The zero-order valence-electron chi connectivity index (χ0n) is 10.3. The molecule has 3 rings (SSSR count). The molecule has 0 aliphatic rings. The van der Waals surface area contributed by atoms with Crippen molar-refractivity contribution in [2.75, 3.05) is 0 Å². The molecule has 0 aliphatic heterocycles. The molecule has 2 heterocycles. The van der Waals surface area contributed by atoms with E-state index >= 15 is 0 Å². The fourth-order valence-corrected chi connectivity index (χ4v) is 3.14. The molecule has 2 nitrogen and oxygen atoms in total. The molecule has 0 saturated heterocycles. The number of hydrogen-bond acceptors (Lipinski definition) is 2. The van der Waals surface area contributed by atoms with E-state index in [0.717, 1.165) is 32.5 Å². The molecule has 0 spiro atoms. The number of H-pyrrole nitrogens is 1. The average Bonchev–Trinajstić information content (AvgIpc) is 2.92. The highest BCUT2D eigenvalue weighted by molar-refractivity contribution is 7.17. The first-order valence-corrected chi connectivity index (χ1v) is 6.71. The number of aromatic nitrogens is 1. The maximum absolute atomic E-state index is 12.5. The number of nitrogens with one attached hydrogen (secondary N) is 1. The van der Waals surface area contributed by atoms with Crippen LogP contribution in [0.3, 0.4) is 0 Å². The van der Waals surface area contributed by atoms with Crippen molar-refractivity contribution in [1.82, 2.24) is 4.98 Å². The third kappa shape index (κ3) is 1.68. The predicted molar refractivity (Wildman–Crippen MR) is 75.5 cm³/mol. The Kier molecular flexibility index (Phi) is 2.56. The molecule has 1 N–H and O–H groups in total. The summed E-state index contributed by atoms with van der Waals surface area (Å²) in [4.78, 5) is 16.8. The van der Waals surface area contributed by atoms with E-state index in [9.17, 15) is 4.79 Å². The third-order valence-corrected chi connectivity index (χ3v) is 4.15. The normalized spacial score (nSPS) is 11.0. The van der Waals surface area contributed by atoms with Gasteiger partial charge in [0.05, 0.1) is 0 Å². The largest absolute Gasteiger partial charge is 0.352 e. The lowest BCUT2D eigenvalue weighted by Crippen LogP contribution is -2.00. The van der Waals surface area contributed by atoms with Gasteiger partial charge in [0, 0.05) is 22.7 Å². The summed E-state index contributed by atoms with van der Waals surface area (Å²) >= 11 is 1.64. The Morgan fingerprint density at radius 1 is 1.28 bits per heavy atom. The van der Waals surface area contributed by atoms with Gasteiger partial charge in [-0.1, -0.05) is 23.8 Å². The van der Waals surface area contributed by atoms with Gasteiger partial charge in [0.1, 0.15) is 4.83 Å². The van der Waals surface area contributed by atoms with Crippen molar-refractivity contribution in [3.63, 3.8) is 0 Å². The Hall–Kier alpha value is -1.87. The number of ketones is 1. The van der Waals surface area contributed by atoms with E-state index in [1.807, 2.05) is 44.3 Å². The van der Waals surface area contributed by atoms with E-state index in [2.05, 4.69) is 10.4 Å². The Morgan fingerprint density at radius 3 is 2.89 bits per heavy atom. The lowest BCUT2D eigenvalue weighted by Gasteiger charge is -2.01. The number of aromatic amines is 1. The van der Waals surface area contributed by atoms with E-state index in [1.54, 1.807) is 11.3 Å². The SMILES string of the molecule is Cc1cccc(C(=O)c2c[nH]c3scc(C)c23)c1. The molecular weight excluding hydrogens is 242 g/mol. The van der Waals surface area contributed by atoms with Crippen molar-refractivity contribution in [2.24, 2.45) is 0 Å². The van der Waals surface area contributed by atoms with Crippen LogP contribution < -0.4 is 0 Å². The van der Waals surface area contributed by atoms with Gasteiger partial charge < -0.3 is 4.98 Å². The van der Waals surface area contributed by atoms with Crippen LogP contribution >= 0.6 is 11.3 Å². The standard InChI is InChI=1S/C15H13NOS/c1-9-4-3-5-11(6-9)14(17)12-7-16-15-13(12)10(2)8-18-15/h3-8,16H,1-2H3. The van der Waals surface area contributed by atoms with Crippen LogP contribution in [0, 0.1) is 13.8 Å². The Morgan fingerprint density at radius 2 is 2.11 bits per heavy atom. The van der Waals surface area contributed by atoms with Gasteiger partial charge in [0.15, 0.2) is 5.78 Å². The Balaban J connectivity index is 2.15. The van der Waals surface area contributed by atoms with Gasteiger partial charge in [-0.2, -0.15) is 0 Å². The summed E-state index contributed by atoms with van der Waals surface area (Å²) < 4.78 is 0. The highest BCUT2D eigenvalue weighted by Gasteiger charge is 2.16. The Labute approximate surface area is 109 Å². The smallest absolute Gasteiger partial charge is 0.195 e. The maximum atomic E-state index is 12.5. The third-order valence-electron chi connectivity index (χ3n) is 3.12. The van der Waals surface area contributed by atoms with Gasteiger partial charge in [-0.3, -0.25) is 4.79 Å². The van der Waals surface area contributed by atoms with E-state index in [4.69, 9.17) is 0 Å². The van der Waals surface area contributed by atoms with E-state index in [0.29, 0.717) is 0 Å². The number of fused-ring (bicyclic) bond motifs is 1. The fraction of sp³-hybridized carbons (Fsp3) is 0.133. The van der Waals surface area contributed by atoms with Gasteiger partial charge in [-0.25, -0.2) is 0 Å². The summed E-state index contributed by atoms with van der Waals surface area (Å²) in [6.07, 6.45) is 1.82. The minimum absolute atomic E-state index is 0.0893. The van der Waals surface area contributed by atoms with Crippen molar-refractivity contribution in [3.05, 3.63) is 58.1 Å². The number of hydrogen-bond donors (Lipinski definition) is 1. The Bertz CT molecular complexity index is 736. The first-order valence-electron chi connectivity index (χ1n) is 5.83. The van der Waals surface area contributed by atoms with Crippen LogP contribution in [-0.4, -0.2) is 10.8 Å². The molecule has 1 aromatic carbocycles. The van der Waals surface area contributed by atoms with E-state index < -0.39 is 0 Å². The first-order chi connectivity index (χ1) is 8.66. The topological polar surface area (TPSA) is 32.9 Å². The molecule has 0 fully saturated rings. The molecule has 3 aromatic rings. The van der Waals surface area contributed by atoms with Gasteiger partial charge in [-0.05, 0) is 30.9 Å². The first kappa shape index (κ1) is 11.2. The number of carbonyl (C=O) groups is 1. The number of benzene rings is 1. The monoisotopic (exact) mass is 255 g/mol. The summed E-state index contributed by atoms with van der Waals surface area (Å²) in [5.41, 5.74) is 3.79. The van der Waals surface area contributed by atoms with Crippen molar-refractivity contribution in [2.45, 2.75) is 13.8 Å². The van der Waals surface area contributed by atoms with Crippen LogP contribution in [0.15, 0.2) is 35.8 Å². The molecule has 0 aliphatic carbocycles. The van der Waals surface area contributed by atoms with Crippen LogP contribution in [-0.2, 0) is 0 Å². The molecule has 0 atom stereocenters. The van der Waals surface area contributed by atoms with Crippen molar-refractivity contribution in [1.29, 1.82) is 0 Å². The summed E-state index contributed by atoms with van der Waals surface area (Å²) in [7, 11) is 0. The minimum atomic E-state index is 0.0893. The second kappa shape index (κ2) is 4.10. The summed E-state index contributed by atoms with van der Waals surface area (Å²) in [6, 6.07) is 7.73. The number of aryl methyl sites for hydroxylation is 2. The van der Waals surface area contributed by atoms with Gasteiger partial charge in [-0.15, -0.1) is 11.3 Å². The van der Waals surface area contributed by atoms with Crippen molar-refractivity contribution in [3.8, 4) is 0 Å². The van der Waals surface area contributed by atoms with Gasteiger partial charge >= 0.3 is 0 Å². The van der Waals surface area contributed by atoms with Crippen LogP contribution in [0.4, 0.5) is 0 Å². The van der Waals surface area contributed by atoms with Gasteiger partial charge in [0.2, 0.25) is 0 Å². The van der Waals surface area contributed by atoms with Gasteiger partial charge in [0.25, 0.3) is 0 Å². The van der Waals surface area contributed by atoms with Crippen LogP contribution in [0.2, 0.25) is 0 Å². The molecule has 18 heavy (non-hydrogen) atoms. The number of thiophene rings is 1. The highest BCUT2D eigenvalue weighted by Crippen LogP contribution is 2.29. The molecule has 0 radical (unpaired) electrons. The molecule has 90 valence electrons. The minimum Gasteiger partial charge on any atom is -0.352 e. The van der Waals surface area contributed by atoms with Crippen molar-refractivity contribution >= 4 is 27.3 Å². The summed E-state index contributed by atoms with van der Waals surface area (Å²) in [6.45, 7) is 4.04. The summed E-state index contributed by atoms with van der Waals surface area (Å²) in [5, 5.41) is 3.14. The maximum Gasteiger partial charge on any atom is 0.195 e. The summed E-state index contributed by atoms with van der Waals surface area (Å²) in [5.74, 6) is 0.0893. The molecule has 2 aromatic heterocycles. The molecular formula is C15H13NOS. The number of rotatable bonds is 2. The lowest BCUT2D eigenvalue weighted by molar-refractivity contribution is 0.104. The van der Waals surface area contributed by atoms with E-state index in [-0.39, 0.29) is 5.78 Å². The molecule has 3 heteroatoms. The van der Waals surface area contributed by atoms with Crippen molar-refractivity contribution < 1.29 is 4.79 Å². The second-order valence-corrected chi connectivity index (χ2v) is 5.40. The highest BCUT2D eigenvalue weighted by atomic mass is 32.1. The molecule has 0 bridgehead atoms. The number of carbonyl (C=O) groups excluding carboxylic acids is 1. The quantitative estimate of drug-likeness (QED) is 0.688. The predicted octanol–water partition coefficient (Wildman–Crippen LogP) is 4.08. The van der Waals surface area contributed by atoms with Crippen LogP contribution in [0.5, 0.6) is 0 Å². The zero-order chi connectivity index (χ0) is 12.7. The lowest BCUT2D eigenvalue weighted by atomic mass is 10.0. The zero-order valence-corrected chi connectivity index (χ0v) is 11.1. The fourth-order valence-electron chi connectivity index (χ4n) is 2.22. The average molecular weight is 255 g/mol. The molecule has 0 amide bonds.